The van der Waals surface area contributed by atoms with Crippen molar-refractivity contribution in [1.29, 1.82) is 0 Å². The minimum Gasteiger partial charge on any atom is -0.391 e. The maximum absolute atomic E-state index is 8.98. The summed E-state index contributed by atoms with van der Waals surface area (Å²) in [5.74, 6) is 2.45. The first kappa shape index (κ1) is 9.48. The molecule has 58 valence electrons. The lowest BCUT2D eigenvalue weighted by atomic mass is 10.3. The molecule has 1 N–H and O–H groups in total. The Morgan fingerprint density at radius 1 is 1.70 bits per heavy atom. The van der Waals surface area contributed by atoms with Crippen LogP contribution < -0.4 is 0 Å². The average molecular weight is 142 g/mol. The van der Waals surface area contributed by atoms with Gasteiger partial charge in [0, 0.05) is 6.42 Å². The van der Waals surface area contributed by atoms with Gasteiger partial charge in [-0.25, -0.2) is 0 Å². The minimum absolute atomic E-state index is 0.335. The first-order chi connectivity index (χ1) is 4.81. The van der Waals surface area contributed by atoms with Crippen LogP contribution in [0.4, 0.5) is 0 Å². The van der Waals surface area contributed by atoms with Crippen molar-refractivity contribution < 1.29 is 9.84 Å². The Bertz CT molecular complexity index is 104. The van der Waals surface area contributed by atoms with Gasteiger partial charge in [0.15, 0.2) is 0 Å². The second-order valence-electron chi connectivity index (χ2n) is 2.09. The first-order valence-corrected chi connectivity index (χ1v) is 3.50. The summed E-state index contributed by atoms with van der Waals surface area (Å²) < 4.78 is 5.03. The highest BCUT2D eigenvalue weighted by molar-refractivity contribution is 4.82. The molecule has 0 saturated heterocycles. The van der Waals surface area contributed by atoms with Crippen molar-refractivity contribution in [3.05, 3.63) is 0 Å². The molecule has 0 amide bonds. The first-order valence-electron chi connectivity index (χ1n) is 3.50. The summed E-state index contributed by atoms with van der Waals surface area (Å²) in [5.41, 5.74) is 0. The summed E-state index contributed by atoms with van der Waals surface area (Å²) in [6, 6.07) is 0. The van der Waals surface area contributed by atoms with Crippen molar-refractivity contribution in [2.75, 3.05) is 13.2 Å². The Labute approximate surface area is 62.2 Å². The highest BCUT2D eigenvalue weighted by Crippen LogP contribution is 1.90. The molecule has 0 bridgehead atoms. The van der Waals surface area contributed by atoms with E-state index >= 15 is 0 Å². The third-order valence-electron chi connectivity index (χ3n) is 1.17. The van der Waals surface area contributed by atoms with E-state index in [1.807, 2.05) is 6.92 Å². The van der Waals surface area contributed by atoms with Crippen molar-refractivity contribution in [2.24, 2.45) is 0 Å². The molecule has 1 unspecified atom stereocenters. The molecule has 0 spiro atoms. The summed E-state index contributed by atoms with van der Waals surface area (Å²) in [6.07, 6.45) is 6.00. The van der Waals surface area contributed by atoms with Crippen molar-refractivity contribution >= 4 is 0 Å². The molecule has 0 aromatic heterocycles. The number of aliphatic hydroxyl groups excluding tert-OH is 1. The van der Waals surface area contributed by atoms with E-state index < -0.39 is 0 Å². The molecule has 2 nitrogen and oxygen atoms in total. The van der Waals surface area contributed by atoms with Crippen LogP contribution in [0.25, 0.3) is 0 Å². The van der Waals surface area contributed by atoms with E-state index in [9.17, 15) is 0 Å². The van der Waals surface area contributed by atoms with Crippen LogP contribution in [0.5, 0.6) is 0 Å². The topological polar surface area (TPSA) is 29.5 Å². The maximum Gasteiger partial charge on any atom is 0.0771 e. The van der Waals surface area contributed by atoms with Gasteiger partial charge in [0.1, 0.15) is 0 Å². The maximum atomic E-state index is 8.98. The van der Waals surface area contributed by atoms with E-state index in [2.05, 4.69) is 5.92 Å². The SMILES string of the molecule is C#CCCOCC(O)CC. The highest BCUT2D eigenvalue weighted by atomic mass is 16.5. The van der Waals surface area contributed by atoms with Gasteiger partial charge < -0.3 is 9.84 Å². The molecule has 2 heteroatoms. The van der Waals surface area contributed by atoms with Crippen molar-refractivity contribution in [3.8, 4) is 12.3 Å². The summed E-state index contributed by atoms with van der Waals surface area (Å²) in [7, 11) is 0. The van der Waals surface area contributed by atoms with Crippen molar-refractivity contribution in [3.63, 3.8) is 0 Å². The van der Waals surface area contributed by atoms with Crippen LogP contribution in [0.1, 0.15) is 19.8 Å². The van der Waals surface area contributed by atoms with Crippen LogP contribution in [-0.4, -0.2) is 24.4 Å². The number of hydrogen-bond acceptors (Lipinski definition) is 2. The number of ether oxygens (including phenoxy) is 1. The normalized spacial score (nSPS) is 12.5. The Morgan fingerprint density at radius 3 is 2.90 bits per heavy atom. The third kappa shape index (κ3) is 5.61. The van der Waals surface area contributed by atoms with Crippen molar-refractivity contribution in [2.45, 2.75) is 25.9 Å². The summed E-state index contributed by atoms with van der Waals surface area (Å²) in [5, 5.41) is 8.98. The zero-order valence-electron chi connectivity index (χ0n) is 6.34. The van der Waals surface area contributed by atoms with Crippen LogP contribution in [-0.2, 0) is 4.74 Å². The van der Waals surface area contributed by atoms with E-state index in [4.69, 9.17) is 16.3 Å². The number of aliphatic hydroxyl groups is 1. The smallest absolute Gasteiger partial charge is 0.0771 e. The molecule has 0 aliphatic rings. The third-order valence-corrected chi connectivity index (χ3v) is 1.17. The lowest BCUT2D eigenvalue weighted by Crippen LogP contribution is -2.13. The number of terminal acetylenes is 1. The van der Waals surface area contributed by atoms with Gasteiger partial charge in [-0.3, -0.25) is 0 Å². The predicted molar refractivity (Wildman–Crippen MR) is 40.6 cm³/mol. The fourth-order valence-corrected chi connectivity index (χ4v) is 0.468. The number of rotatable bonds is 5. The average Bonchev–Trinajstić information content (AvgIpc) is 1.98. The van der Waals surface area contributed by atoms with Gasteiger partial charge in [0.05, 0.1) is 19.3 Å². The molecular weight excluding hydrogens is 128 g/mol. The van der Waals surface area contributed by atoms with Crippen LogP contribution in [0, 0.1) is 12.3 Å². The van der Waals surface area contributed by atoms with E-state index in [1.165, 1.54) is 0 Å². The summed E-state index contributed by atoms with van der Waals surface area (Å²) in [6.45, 7) is 2.86. The Morgan fingerprint density at radius 2 is 2.40 bits per heavy atom. The highest BCUT2D eigenvalue weighted by Gasteiger charge is 1.98. The van der Waals surface area contributed by atoms with E-state index in [0.29, 0.717) is 19.6 Å². The van der Waals surface area contributed by atoms with Gasteiger partial charge in [0.25, 0.3) is 0 Å². The van der Waals surface area contributed by atoms with Crippen LogP contribution in [0.2, 0.25) is 0 Å². The zero-order valence-corrected chi connectivity index (χ0v) is 6.34. The second kappa shape index (κ2) is 6.60. The Kier molecular flexibility index (Phi) is 6.25. The largest absolute Gasteiger partial charge is 0.391 e. The van der Waals surface area contributed by atoms with Gasteiger partial charge in [-0.2, -0.15) is 0 Å². The van der Waals surface area contributed by atoms with Gasteiger partial charge in [-0.1, -0.05) is 6.92 Å². The molecule has 0 heterocycles. The molecule has 0 saturated carbocycles. The Balaban J connectivity index is 2.98. The van der Waals surface area contributed by atoms with Gasteiger partial charge >= 0.3 is 0 Å². The van der Waals surface area contributed by atoms with Crippen LogP contribution in [0.15, 0.2) is 0 Å². The van der Waals surface area contributed by atoms with E-state index in [0.717, 1.165) is 6.42 Å². The fourth-order valence-electron chi connectivity index (χ4n) is 0.468. The molecule has 0 aliphatic heterocycles. The lowest BCUT2D eigenvalue weighted by Gasteiger charge is -2.06. The molecule has 10 heavy (non-hydrogen) atoms. The Hall–Kier alpha value is -0.520. The molecular formula is C8H14O2. The van der Waals surface area contributed by atoms with Gasteiger partial charge in [0.2, 0.25) is 0 Å². The second-order valence-corrected chi connectivity index (χ2v) is 2.09. The molecule has 0 aliphatic carbocycles. The molecule has 0 rings (SSSR count). The van der Waals surface area contributed by atoms with Crippen molar-refractivity contribution in [1.82, 2.24) is 0 Å². The molecule has 0 fully saturated rings. The standard InChI is InChI=1S/C8H14O2/c1-3-5-6-10-7-8(9)4-2/h1,8-9H,4-7H2,2H3. The molecule has 0 aromatic carbocycles. The van der Waals surface area contributed by atoms with Crippen LogP contribution >= 0.6 is 0 Å². The van der Waals surface area contributed by atoms with Gasteiger partial charge in [-0.15, -0.1) is 12.3 Å². The minimum atomic E-state index is -0.335. The number of hydrogen-bond donors (Lipinski definition) is 1. The lowest BCUT2D eigenvalue weighted by molar-refractivity contribution is 0.0375. The van der Waals surface area contributed by atoms with Gasteiger partial charge in [-0.05, 0) is 6.42 Å². The molecule has 0 aromatic rings. The zero-order chi connectivity index (χ0) is 7.82. The monoisotopic (exact) mass is 142 g/mol. The molecule has 1 atom stereocenters. The van der Waals surface area contributed by atoms with Crippen LogP contribution in [0.3, 0.4) is 0 Å². The summed E-state index contributed by atoms with van der Waals surface area (Å²) in [4.78, 5) is 0. The van der Waals surface area contributed by atoms with E-state index in [-0.39, 0.29) is 6.10 Å². The fraction of sp³-hybridized carbons (Fsp3) is 0.750. The van der Waals surface area contributed by atoms with E-state index in [1.54, 1.807) is 0 Å². The summed E-state index contributed by atoms with van der Waals surface area (Å²) >= 11 is 0. The predicted octanol–water partition coefficient (Wildman–Crippen LogP) is 0.797. The quantitative estimate of drug-likeness (QED) is 0.454. The molecule has 0 radical (unpaired) electrons.